The zero-order chi connectivity index (χ0) is 20.2. The van der Waals surface area contributed by atoms with E-state index in [9.17, 15) is 4.79 Å². The van der Waals surface area contributed by atoms with Crippen LogP contribution in [0.1, 0.15) is 75.2 Å². The van der Waals surface area contributed by atoms with E-state index >= 15 is 0 Å². The number of Topliss-reactive ketones (excluding diaryl/α,β-unsaturated/α-hetero) is 1. The summed E-state index contributed by atoms with van der Waals surface area (Å²) in [5.74, 6) is 5.42. The lowest BCUT2D eigenvalue weighted by molar-refractivity contribution is -0.00519. The van der Waals surface area contributed by atoms with Crippen LogP contribution in [0.5, 0.6) is 0 Å². The molecular formula is C26H38O2S. The van der Waals surface area contributed by atoms with Gasteiger partial charge in [-0.2, -0.15) is 0 Å². The summed E-state index contributed by atoms with van der Waals surface area (Å²) in [6, 6.07) is 9.00. The van der Waals surface area contributed by atoms with Gasteiger partial charge in [-0.25, -0.2) is 10.9 Å². The fourth-order valence-corrected chi connectivity index (χ4v) is 10.6. The van der Waals surface area contributed by atoms with Crippen molar-refractivity contribution < 1.29 is 9.53 Å². The van der Waals surface area contributed by atoms with Crippen molar-refractivity contribution in [2.45, 2.75) is 70.0 Å². The molecule has 160 valence electrons. The largest absolute Gasteiger partial charge is 0.380 e. The maximum Gasteiger partial charge on any atom is 0.174 e. The van der Waals surface area contributed by atoms with Crippen molar-refractivity contribution >= 4 is 16.7 Å². The maximum atomic E-state index is 13.6. The molecule has 29 heavy (non-hydrogen) atoms. The summed E-state index contributed by atoms with van der Waals surface area (Å²) in [6.45, 7) is 8.40. The minimum absolute atomic E-state index is 0.0126. The summed E-state index contributed by atoms with van der Waals surface area (Å²) in [5, 5.41) is 0.145. The molecule has 5 fully saturated rings. The first-order chi connectivity index (χ1) is 13.8. The summed E-state index contributed by atoms with van der Waals surface area (Å²) in [5.41, 5.74) is 2.90. The molecule has 5 aliphatic rings. The molecule has 0 spiro atoms. The van der Waals surface area contributed by atoms with E-state index in [2.05, 4.69) is 45.0 Å². The van der Waals surface area contributed by atoms with Gasteiger partial charge in [0.15, 0.2) is 5.78 Å². The topological polar surface area (TPSA) is 26.3 Å². The van der Waals surface area contributed by atoms with Crippen molar-refractivity contribution in [3.8, 4) is 0 Å². The fraction of sp³-hybridized carbons (Fsp3) is 0.731. The second-order valence-corrected chi connectivity index (χ2v) is 14.1. The Hall–Kier alpha value is -0.800. The third-order valence-electron chi connectivity index (χ3n) is 8.30. The van der Waals surface area contributed by atoms with Gasteiger partial charge in [-0.05, 0) is 84.2 Å². The summed E-state index contributed by atoms with van der Waals surface area (Å²) in [7, 11) is -0.291. The number of ether oxygens (including phenoxy) is 1. The van der Waals surface area contributed by atoms with Crippen molar-refractivity contribution in [3.63, 3.8) is 0 Å². The van der Waals surface area contributed by atoms with Crippen molar-refractivity contribution in [1.82, 2.24) is 0 Å². The van der Waals surface area contributed by atoms with Crippen LogP contribution >= 0.6 is 10.9 Å². The van der Waals surface area contributed by atoms with Gasteiger partial charge in [-0.3, -0.25) is 4.79 Å². The normalized spacial score (nSPS) is 36.2. The first kappa shape index (κ1) is 20.1. The lowest BCUT2D eigenvalue weighted by atomic mass is 9.48. The minimum Gasteiger partial charge on any atom is -0.380 e. The monoisotopic (exact) mass is 414 g/mol. The molecule has 1 aliphatic heterocycles. The highest BCUT2D eigenvalue weighted by molar-refractivity contribution is 8.18. The van der Waals surface area contributed by atoms with Crippen LogP contribution in [0.4, 0.5) is 0 Å². The number of thiol groups is 1. The average molecular weight is 415 g/mol. The van der Waals surface area contributed by atoms with Gasteiger partial charge in [-0.15, -0.1) is 0 Å². The molecule has 1 saturated heterocycles. The van der Waals surface area contributed by atoms with E-state index in [4.69, 9.17) is 4.74 Å². The van der Waals surface area contributed by atoms with E-state index in [-0.39, 0.29) is 21.6 Å². The van der Waals surface area contributed by atoms with E-state index < -0.39 is 0 Å². The Bertz CT molecular complexity index is 719. The summed E-state index contributed by atoms with van der Waals surface area (Å²) < 4.78 is 5.59. The number of hydrogen-bond acceptors (Lipinski definition) is 2. The Morgan fingerprint density at radius 2 is 1.48 bits per heavy atom. The second kappa shape index (κ2) is 7.41. The van der Waals surface area contributed by atoms with Crippen molar-refractivity contribution in [2.75, 3.05) is 24.7 Å². The van der Waals surface area contributed by atoms with Gasteiger partial charge in [0.25, 0.3) is 0 Å². The highest BCUT2D eigenvalue weighted by Crippen LogP contribution is 2.60. The number of benzene rings is 1. The van der Waals surface area contributed by atoms with Crippen LogP contribution in [0.3, 0.4) is 0 Å². The van der Waals surface area contributed by atoms with Gasteiger partial charge in [-0.1, -0.05) is 45.0 Å². The molecule has 1 unspecified atom stereocenters. The molecule has 0 N–H and O–H groups in total. The summed E-state index contributed by atoms with van der Waals surface area (Å²) in [4.78, 5) is 13.6. The zero-order valence-corrected chi connectivity index (χ0v) is 19.3. The quantitative estimate of drug-likeness (QED) is 0.499. The smallest absolute Gasteiger partial charge is 0.174 e. The van der Waals surface area contributed by atoms with Gasteiger partial charge in [0.2, 0.25) is 0 Å². The van der Waals surface area contributed by atoms with E-state index in [1.165, 1.54) is 44.1 Å². The van der Waals surface area contributed by atoms with E-state index in [1.54, 1.807) is 0 Å². The van der Waals surface area contributed by atoms with Crippen LogP contribution in [-0.2, 0) is 10.2 Å². The van der Waals surface area contributed by atoms with Crippen molar-refractivity contribution in [3.05, 3.63) is 35.4 Å². The van der Waals surface area contributed by atoms with Crippen molar-refractivity contribution in [1.29, 1.82) is 0 Å². The zero-order valence-electron chi connectivity index (χ0n) is 18.5. The molecule has 3 heteroatoms. The maximum absolute atomic E-state index is 13.6. The highest BCUT2D eigenvalue weighted by atomic mass is 32.2. The molecule has 1 atom stereocenters. The molecule has 0 aromatic heterocycles. The van der Waals surface area contributed by atoms with Gasteiger partial charge in [0.05, 0.1) is 18.5 Å². The molecule has 1 aromatic rings. The summed E-state index contributed by atoms with van der Waals surface area (Å²) in [6.07, 6.45) is 8.62. The van der Waals surface area contributed by atoms with Crippen LogP contribution in [0.25, 0.3) is 0 Å². The fourth-order valence-electron chi connectivity index (χ4n) is 7.55. The number of rotatable bonds is 4. The van der Waals surface area contributed by atoms with E-state index in [1.807, 2.05) is 0 Å². The van der Waals surface area contributed by atoms with Crippen LogP contribution in [-0.4, -0.2) is 35.8 Å². The molecule has 4 saturated carbocycles. The van der Waals surface area contributed by atoms with Gasteiger partial charge in [0.1, 0.15) is 0 Å². The number of ketones is 1. The Balaban J connectivity index is 1.38. The second-order valence-electron chi connectivity index (χ2n) is 11.6. The Morgan fingerprint density at radius 3 is 1.97 bits per heavy atom. The number of carbonyl (C=O) groups is 1. The summed E-state index contributed by atoms with van der Waals surface area (Å²) >= 11 is 0. The van der Waals surface area contributed by atoms with E-state index in [0.717, 1.165) is 48.0 Å². The molecule has 1 aromatic carbocycles. The van der Waals surface area contributed by atoms with Gasteiger partial charge in [0, 0.05) is 5.56 Å². The Labute approximate surface area is 179 Å². The third-order valence-corrected chi connectivity index (χ3v) is 11.6. The number of hydrogen-bond donors (Lipinski definition) is 1. The van der Waals surface area contributed by atoms with Crippen LogP contribution < -0.4 is 0 Å². The van der Waals surface area contributed by atoms with E-state index in [0.29, 0.717) is 11.2 Å². The molecule has 4 bridgehead atoms. The molecule has 1 heterocycles. The SMILES string of the molecule is CC(C)(C)C(C(=O)c1ccc(C23CC4CC(CC(C4)C2)C3)cc1)[SH]1CCOCC1. The van der Waals surface area contributed by atoms with Crippen LogP contribution in [0.15, 0.2) is 24.3 Å². The van der Waals surface area contributed by atoms with Crippen LogP contribution in [0, 0.1) is 23.2 Å². The van der Waals surface area contributed by atoms with Crippen molar-refractivity contribution in [2.24, 2.45) is 23.2 Å². The minimum atomic E-state index is -0.291. The lowest BCUT2D eigenvalue weighted by Crippen LogP contribution is -2.48. The molecular weight excluding hydrogens is 376 g/mol. The predicted molar refractivity (Wildman–Crippen MR) is 123 cm³/mol. The van der Waals surface area contributed by atoms with Crippen LogP contribution in [0.2, 0.25) is 0 Å². The number of carbonyl (C=O) groups excluding carboxylic acids is 1. The van der Waals surface area contributed by atoms with Gasteiger partial charge < -0.3 is 4.74 Å². The highest BCUT2D eigenvalue weighted by Gasteiger charge is 2.51. The lowest BCUT2D eigenvalue weighted by Gasteiger charge is -2.57. The Morgan fingerprint density at radius 1 is 0.966 bits per heavy atom. The third kappa shape index (κ3) is 3.71. The van der Waals surface area contributed by atoms with Gasteiger partial charge >= 0.3 is 0 Å². The average Bonchev–Trinajstić information content (AvgIpc) is 2.67. The molecule has 0 amide bonds. The predicted octanol–water partition coefficient (Wildman–Crippen LogP) is 5.78. The first-order valence-corrected chi connectivity index (χ1v) is 13.6. The molecule has 0 radical (unpaired) electrons. The standard InChI is InChI=1S/C26H38O2S/c1-25(2,3)24(29-10-8-28-9-11-29)23(27)21-4-6-22(7-5-21)26-15-18-12-19(16-26)14-20(13-18)17-26/h4-7,18-20,24,29H,8-17H2,1-3H3. The first-order valence-electron chi connectivity index (χ1n) is 11.8. The Kier molecular flexibility index (Phi) is 5.14. The molecule has 2 nitrogen and oxygen atoms in total. The molecule has 4 aliphatic carbocycles. The molecule has 6 rings (SSSR count).